The highest BCUT2D eigenvalue weighted by Crippen LogP contribution is 2.17. The van der Waals surface area contributed by atoms with Crippen molar-refractivity contribution < 1.29 is 4.79 Å². The van der Waals surface area contributed by atoms with E-state index in [-0.39, 0.29) is 17.1 Å². The number of hydrogen-bond donors (Lipinski definition) is 0. The lowest BCUT2D eigenvalue weighted by molar-refractivity contribution is 0.102. The molecule has 0 atom stereocenters. The summed E-state index contributed by atoms with van der Waals surface area (Å²) in [5.41, 5.74) is 1.73. The van der Waals surface area contributed by atoms with E-state index in [0.29, 0.717) is 10.7 Å². The molecule has 0 aliphatic heterocycles. The number of benzene rings is 1. The SMILES string of the molecule is CCCCCCc1ccc(C(=O)CSc2nc(=O)ccn2CC)cc1. The molecule has 2 rings (SSSR count). The number of aryl methyl sites for hydroxylation is 2. The Morgan fingerprint density at radius 1 is 1.08 bits per heavy atom. The summed E-state index contributed by atoms with van der Waals surface area (Å²) in [7, 11) is 0. The van der Waals surface area contributed by atoms with E-state index in [1.165, 1.54) is 49.1 Å². The van der Waals surface area contributed by atoms with E-state index in [2.05, 4.69) is 11.9 Å². The fourth-order valence-electron chi connectivity index (χ4n) is 2.60. The van der Waals surface area contributed by atoms with Gasteiger partial charge in [0, 0.05) is 24.4 Å². The highest BCUT2D eigenvalue weighted by Gasteiger charge is 2.10. The van der Waals surface area contributed by atoms with Crippen molar-refractivity contribution in [2.24, 2.45) is 0 Å². The molecule has 0 saturated heterocycles. The lowest BCUT2D eigenvalue weighted by Gasteiger charge is -2.08. The highest BCUT2D eigenvalue weighted by molar-refractivity contribution is 7.99. The zero-order valence-electron chi connectivity index (χ0n) is 15.0. The molecule has 25 heavy (non-hydrogen) atoms. The van der Waals surface area contributed by atoms with E-state index in [1.54, 1.807) is 6.20 Å². The number of ketones is 1. The Hall–Kier alpha value is -1.88. The predicted molar refractivity (Wildman–Crippen MR) is 104 cm³/mol. The van der Waals surface area contributed by atoms with Gasteiger partial charge >= 0.3 is 0 Å². The van der Waals surface area contributed by atoms with Crippen molar-refractivity contribution in [3.8, 4) is 0 Å². The zero-order valence-corrected chi connectivity index (χ0v) is 15.8. The smallest absolute Gasteiger partial charge is 0.273 e. The summed E-state index contributed by atoms with van der Waals surface area (Å²) in [6.45, 7) is 4.91. The molecule has 0 aliphatic rings. The average molecular weight is 359 g/mol. The van der Waals surface area contributed by atoms with Gasteiger partial charge in [0.2, 0.25) is 0 Å². The number of aromatic nitrogens is 2. The minimum atomic E-state index is -0.271. The minimum absolute atomic E-state index is 0.0586. The summed E-state index contributed by atoms with van der Waals surface area (Å²) >= 11 is 1.31. The Morgan fingerprint density at radius 3 is 2.52 bits per heavy atom. The Kier molecular flexibility index (Phi) is 7.92. The van der Waals surface area contributed by atoms with E-state index in [0.717, 1.165) is 13.0 Å². The maximum atomic E-state index is 12.4. The number of nitrogens with zero attached hydrogens (tertiary/aromatic N) is 2. The molecule has 1 aromatic carbocycles. The van der Waals surface area contributed by atoms with Crippen LogP contribution in [0.3, 0.4) is 0 Å². The van der Waals surface area contributed by atoms with Crippen LogP contribution in [0.15, 0.2) is 46.5 Å². The van der Waals surface area contributed by atoms with Gasteiger partial charge in [-0.25, -0.2) is 0 Å². The molecule has 0 amide bonds. The van der Waals surface area contributed by atoms with Crippen LogP contribution in [0.25, 0.3) is 0 Å². The summed E-state index contributed by atoms with van der Waals surface area (Å²) in [5, 5.41) is 0.593. The molecule has 0 fully saturated rings. The minimum Gasteiger partial charge on any atom is -0.328 e. The average Bonchev–Trinajstić information content (AvgIpc) is 2.64. The van der Waals surface area contributed by atoms with Crippen LogP contribution >= 0.6 is 11.8 Å². The third kappa shape index (κ3) is 6.16. The van der Waals surface area contributed by atoms with Crippen molar-refractivity contribution in [2.75, 3.05) is 5.75 Å². The second kappa shape index (κ2) is 10.2. The third-order valence-electron chi connectivity index (χ3n) is 4.12. The molecule has 0 radical (unpaired) electrons. The van der Waals surface area contributed by atoms with Crippen molar-refractivity contribution in [3.63, 3.8) is 0 Å². The first-order chi connectivity index (χ1) is 12.1. The van der Waals surface area contributed by atoms with Crippen LogP contribution < -0.4 is 5.56 Å². The van der Waals surface area contributed by atoms with Gasteiger partial charge in [-0.3, -0.25) is 9.59 Å². The number of unbranched alkanes of at least 4 members (excludes halogenated alkanes) is 3. The first-order valence-electron chi connectivity index (χ1n) is 8.96. The first kappa shape index (κ1) is 19.4. The van der Waals surface area contributed by atoms with Gasteiger partial charge in [0.05, 0.1) is 5.75 Å². The summed E-state index contributed by atoms with van der Waals surface area (Å²) < 4.78 is 1.87. The monoisotopic (exact) mass is 358 g/mol. The van der Waals surface area contributed by atoms with Gasteiger partial charge in [-0.15, -0.1) is 0 Å². The van der Waals surface area contributed by atoms with Crippen LogP contribution in [-0.2, 0) is 13.0 Å². The van der Waals surface area contributed by atoms with Crippen molar-refractivity contribution in [1.82, 2.24) is 9.55 Å². The van der Waals surface area contributed by atoms with Gasteiger partial charge < -0.3 is 4.57 Å². The van der Waals surface area contributed by atoms with Crippen molar-refractivity contribution in [3.05, 3.63) is 58.0 Å². The second-order valence-corrected chi connectivity index (χ2v) is 7.00. The van der Waals surface area contributed by atoms with Crippen molar-refractivity contribution in [1.29, 1.82) is 0 Å². The standard InChI is InChI=1S/C20H26N2O2S/c1-3-5-6-7-8-16-9-11-17(12-10-16)18(23)15-25-20-21-19(24)13-14-22(20)4-2/h9-14H,3-8,15H2,1-2H3. The number of hydrogen-bond acceptors (Lipinski definition) is 4. The summed E-state index contributed by atoms with van der Waals surface area (Å²) in [6, 6.07) is 9.35. The first-order valence-corrected chi connectivity index (χ1v) is 9.95. The molecule has 0 aliphatic carbocycles. The lowest BCUT2D eigenvalue weighted by Crippen LogP contribution is -2.13. The Bertz CT molecular complexity index is 738. The molecular weight excluding hydrogens is 332 g/mol. The van der Waals surface area contributed by atoms with Crippen molar-refractivity contribution in [2.45, 2.75) is 57.7 Å². The lowest BCUT2D eigenvalue weighted by atomic mass is 10.0. The molecule has 2 aromatic rings. The number of carbonyl (C=O) groups excluding carboxylic acids is 1. The van der Waals surface area contributed by atoms with Gasteiger partial charge in [0.25, 0.3) is 5.56 Å². The predicted octanol–water partition coefficient (Wildman–Crippen LogP) is 4.36. The normalized spacial score (nSPS) is 10.8. The maximum absolute atomic E-state index is 12.4. The maximum Gasteiger partial charge on any atom is 0.273 e. The summed E-state index contributed by atoms with van der Waals surface area (Å²) in [5.74, 6) is 0.343. The number of rotatable bonds is 10. The summed E-state index contributed by atoms with van der Waals surface area (Å²) in [6.07, 6.45) is 7.77. The van der Waals surface area contributed by atoms with E-state index in [4.69, 9.17) is 0 Å². The highest BCUT2D eigenvalue weighted by atomic mass is 32.2. The van der Waals surface area contributed by atoms with Crippen LogP contribution in [0.1, 0.15) is 55.5 Å². The van der Waals surface area contributed by atoms with Crippen LogP contribution in [-0.4, -0.2) is 21.1 Å². The molecule has 0 saturated carbocycles. The van der Waals surface area contributed by atoms with Gasteiger partial charge in [0.1, 0.15) is 0 Å². The fraction of sp³-hybridized carbons (Fsp3) is 0.450. The zero-order chi connectivity index (χ0) is 18.1. The van der Waals surface area contributed by atoms with Crippen LogP contribution in [0.5, 0.6) is 0 Å². The third-order valence-corrected chi connectivity index (χ3v) is 5.11. The number of Topliss-reactive ketones (excluding diaryl/α,β-unsaturated/α-hetero) is 1. The van der Waals surface area contributed by atoms with E-state index in [1.807, 2.05) is 35.8 Å². The van der Waals surface area contributed by atoms with Gasteiger partial charge in [-0.05, 0) is 25.3 Å². The Balaban J connectivity index is 1.90. The molecule has 0 unspecified atom stereocenters. The molecule has 0 bridgehead atoms. The molecule has 1 heterocycles. The second-order valence-electron chi connectivity index (χ2n) is 6.05. The van der Waals surface area contributed by atoms with Crippen LogP contribution in [0.2, 0.25) is 0 Å². The molecule has 4 nitrogen and oxygen atoms in total. The molecule has 134 valence electrons. The van der Waals surface area contributed by atoms with E-state index >= 15 is 0 Å². The van der Waals surface area contributed by atoms with Gasteiger partial charge in [0.15, 0.2) is 10.9 Å². The Morgan fingerprint density at radius 2 is 1.84 bits per heavy atom. The molecule has 0 spiro atoms. The molecule has 5 heteroatoms. The van der Waals surface area contributed by atoms with Crippen molar-refractivity contribution >= 4 is 17.5 Å². The topological polar surface area (TPSA) is 52.0 Å². The number of thioether (sulfide) groups is 1. The summed E-state index contributed by atoms with van der Waals surface area (Å²) in [4.78, 5) is 27.8. The molecule has 0 N–H and O–H groups in total. The van der Waals surface area contributed by atoms with Crippen LogP contribution in [0.4, 0.5) is 0 Å². The van der Waals surface area contributed by atoms with Crippen LogP contribution in [0, 0.1) is 0 Å². The fourth-order valence-corrected chi connectivity index (χ4v) is 3.53. The quantitative estimate of drug-likeness (QED) is 0.274. The van der Waals surface area contributed by atoms with Gasteiger partial charge in [-0.1, -0.05) is 62.2 Å². The van der Waals surface area contributed by atoms with E-state index < -0.39 is 0 Å². The Labute approximate surface area is 153 Å². The van der Waals surface area contributed by atoms with E-state index in [9.17, 15) is 9.59 Å². The van der Waals surface area contributed by atoms with Gasteiger partial charge in [-0.2, -0.15) is 4.98 Å². The largest absolute Gasteiger partial charge is 0.328 e. The molecular formula is C20H26N2O2S. The molecule has 1 aromatic heterocycles. The number of carbonyl (C=O) groups is 1.